The first-order valence-corrected chi connectivity index (χ1v) is 8.70. The van der Waals surface area contributed by atoms with Gasteiger partial charge >= 0.3 is 0 Å². The molecule has 3 aromatic rings. The fourth-order valence-electron chi connectivity index (χ4n) is 2.28. The SMILES string of the molecule is CCCc1nnc(NC(=O)/C(C#N)=C\c2coc3ccccc3c2=O)s1. The maximum Gasteiger partial charge on any atom is 0.268 e. The fraction of sp³-hybridized carbons (Fsp3) is 0.167. The molecule has 8 heteroatoms. The second-order valence-corrected chi connectivity index (χ2v) is 6.45. The van der Waals surface area contributed by atoms with Crippen LogP contribution in [0.4, 0.5) is 5.13 Å². The molecular formula is C18H14N4O3S. The number of carbonyl (C=O) groups excluding carboxylic acids is 1. The third kappa shape index (κ3) is 3.68. The van der Waals surface area contributed by atoms with Crippen LogP contribution < -0.4 is 10.7 Å². The number of amides is 1. The Kier molecular flexibility index (Phi) is 5.20. The highest BCUT2D eigenvalue weighted by atomic mass is 32.1. The van der Waals surface area contributed by atoms with Crippen molar-refractivity contribution in [1.82, 2.24) is 10.2 Å². The van der Waals surface area contributed by atoms with Gasteiger partial charge in [0.2, 0.25) is 5.13 Å². The third-order valence-electron chi connectivity index (χ3n) is 3.52. The molecule has 0 saturated carbocycles. The summed E-state index contributed by atoms with van der Waals surface area (Å²) < 4.78 is 5.39. The molecule has 7 nitrogen and oxygen atoms in total. The minimum atomic E-state index is -0.653. The monoisotopic (exact) mass is 366 g/mol. The molecule has 0 unspecified atom stereocenters. The van der Waals surface area contributed by atoms with Gasteiger partial charge in [0.05, 0.1) is 10.9 Å². The summed E-state index contributed by atoms with van der Waals surface area (Å²) in [5.41, 5.74) is 0.0302. The van der Waals surface area contributed by atoms with Crippen molar-refractivity contribution >= 4 is 39.4 Å². The van der Waals surface area contributed by atoms with Crippen LogP contribution in [0.5, 0.6) is 0 Å². The number of fused-ring (bicyclic) bond motifs is 1. The lowest BCUT2D eigenvalue weighted by Crippen LogP contribution is -2.14. The number of aromatic nitrogens is 2. The van der Waals surface area contributed by atoms with Crippen LogP contribution in [-0.2, 0) is 11.2 Å². The molecule has 2 aromatic heterocycles. The number of carbonyl (C=O) groups is 1. The number of nitrogens with zero attached hydrogens (tertiary/aromatic N) is 3. The normalized spacial score (nSPS) is 11.3. The number of hydrogen-bond acceptors (Lipinski definition) is 7. The van der Waals surface area contributed by atoms with Crippen LogP contribution in [0.15, 0.2) is 45.3 Å². The molecule has 1 amide bonds. The lowest BCUT2D eigenvalue weighted by molar-refractivity contribution is -0.112. The van der Waals surface area contributed by atoms with Crippen molar-refractivity contribution in [1.29, 1.82) is 5.26 Å². The summed E-state index contributed by atoms with van der Waals surface area (Å²) in [5.74, 6) is -0.653. The van der Waals surface area contributed by atoms with E-state index in [1.54, 1.807) is 30.3 Å². The number of aryl methyl sites for hydroxylation is 1. The average molecular weight is 366 g/mol. The van der Waals surface area contributed by atoms with Crippen molar-refractivity contribution < 1.29 is 9.21 Å². The lowest BCUT2D eigenvalue weighted by Gasteiger charge is -2.00. The molecular weight excluding hydrogens is 352 g/mol. The van der Waals surface area contributed by atoms with Crippen LogP contribution in [0.1, 0.15) is 23.9 Å². The zero-order valence-corrected chi connectivity index (χ0v) is 14.7. The minimum Gasteiger partial charge on any atom is -0.463 e. The van der Waals surface area contributed by atoms with Crippen molar-refractivity contribution in [3.63, 3.8) is 0 Å². The van der Waals surface area contributed by atoms with Gasteiger partial charge in [-0.25, -0.2) is 0 Å². The minimum absolute atomic E-state index is 0.124. The number of nitrogens with one attached hydrogen (secondary N) is 1. The Labute approximate surface area is 152 Å². The van der Waals surface area contributed by atoms with Gasteiger partial charge in [-0.3, -0.25) is 14.9 Å². The van der Waals surface area contributed by atoms with Gasteiger partial charge in [0.25, 0.3) is 5.91 Å². The maximum absolute atomic E-state index is 12.5. The smallest absolute Gasteiger partial charge is 0.268 e. The molecule has 0 saturated heterocycles. The van der Waals surface area contributed by atoms with E-state index in [2.05, 4.69) is 15.5 Å². The van der Waals surface area contributed by atoms with Crippen LogP contribution in [0.2, 0.25) is 0 Å². The zero-order chi connectivity index (χ0) is 18.5. The van der Waals surface area contributed by atoms with Gasteiger partial charge in [-0.15, -0.1) is 10.2 Å². The summed E-state index contributed by atoms with van der Waals surface area (Å²) in [5, 5.41) is 21.2. The molecule has 1 N–H and O–H groups in total. The van der Waals surface area contributed by atoms with Crippen molar-refractivity contribution in [3.05, 3.63) is 56.9 Å². The molecule has 26 heavy (non-hydrogen) atoms. The van der Waals surface area contributed by atoms with E-state index in [0.717, 1.165) is 17.8 Å². The number of para-hydroxylation sites is 1. The molecule has 3 rings (SSSR count). The molecule has 0 aliphatic rings. The highest BCUT2D eigenvalue weighted by Crippen LogP contribution is 2.18. The molecule has 0 bridgehead atoms. The van der Waals surface area contributed by atoms with Crippen LogP contribution in [0.3, 0.4) is 0 Å². The Balaban J connectivity index is 1.88. The molecule has 0 fully saturated rings. The summed E-state index contributed by atoms with van der Waals surface area (Å²) in [7, 11) is 0. The quantitative estimate of drug-likeness (QED) is 0.549. The van der Waals surface area contributed by atoms with E-state index in [0.29, 0.717) is 16.1 Å². The zero-order valence-electron chi connectivity index (χ0n) is 13.9. The van der Waals surface area contributed by atoms with Crippen LogP contribution >= 0.6 is 11.3 Å². The van der Waals surface area contributed by atoms with Gasteiger partial charge in [0, 0.05) is 6.42 Å². The van der Waals surface area contributed by atoms with Crippen molar-refractivity contribution in [3.8, 4) is 6.07 Å². The standard InChI is InChI=1S/C18H14N4O3S/c1-2-5-15-21-22-18(26-15)20-17(24)11(9-19)8-12-10-25-14-7-4-3-6-13(14)16(12)23/h3-4,6-8,10H,2,5H2,1H3,(H,20,22,24)/b11-8-. The van der Waals surface area contributed by atoms with Gasteiger partial charge in [0.15, 0.2) is 5.43 Å². The third-order valence-corrected chi connectivity index (χ3v) is 4.42. The predicted octanol–water partition coefficient (Wildman–Crippen LogP) is 3.14. The van der Waals surface area contributed by atoms with Crippen molar-refractivity contribution in [2.45, 2.75) is 19.8 Å². The Morgan fingerprint density at radius 2 is 2.19 bits per heavy atom. The molecule has 0 aliphatic heterocycles. The highest BCUT2D eigenvalue weighted by molar-refractivity contribution is 7.15. The Hall–Kier alpha value is -3.31. The molecule has 0 radical (unpaired) electrons. The molecule has 2 heterocycles. The first-order chi connectivity index (χ1) is 12.6. The van der Waals surface area contributed by atoms with Crippen LogP contribution in [-0.4, -0.2) is 16.1 Å². The van der Waals surface area contributed by atoms with E-state index in [4.69, 9.17) is 4.42 Å². The number of nitriles is 1. The van der Waals surface area contributed by atoms with E-state index in [1.165, 1.54) is 23.7 Å². The summed E-state index contributed by atoms with van der Waals surface area (Å²) >= 11 is 1.25. The Morgan fingerprint density at radius 3 is 2.96 bits per heavy atom. The number of benzene rings is 1. The van der Waals surface area contributed by atoms with E-state index >= 15 is 0 Å². The van der Waals surface area contributed by atoms with Gasteiger partial charge in [0.1, 0.15) is 28.5 Å². The van der Waals surface area contributed by atoms with Gasteiger partial charge in [-0.05, 0) is 24.6 Å². The topological polar surface area (TPSA) is 109 Å². The van der Waals surface area contributed by atoms with Gasteiger partial charge in [-0.1, -0.05) is 30.4 Å². The van der Waals surface area contributed by atoms with E-state index < -0.39 is 5.91 Å². The highest BCUT2D eigenvalue weighted by Gasteiger charge is 2.14. The first-order valence-electron chi connectivity index (χ1n) is 7.88. The van der Waals surface area contributed by atoms with Crippen LogP contribution in [0.25, 0.3) is 17.0 Å². The van der Waals surface area contributed by atoms with Gasteiger partial charge in [-0.2, -0.15) is 5.26 Å². The first kappa shape index (κ1) is 17.5. The Morgan fingerprint density at radius 1 is 1.38 bits per heavy atom. The number of rotatable bonds is 5. The Bertz CT molecular complexity index is 1090. The van der Waals surface area contributed by atoms with Crippen LogP contribution in [0, 0.1) is 11.3 Å². The van der Waals surface area contributed by atoms with E-state index in [9.17, 15) is 14.9 Å². The van der Waals surface area contributed by atoms with E-state index in [-0.39, 0.29) is 16.6 Å². The average Bonchev–Trinajstić information content (AvgIpc) is 3.08. The van der Waals surface area contributed by atoms with E-state index in [1.807, 2.05) is 6.92 Å². The maximum atomic E-state index is 12.5. The summed E-state index contributed by atoms with van der Waals surface area (Å²) in [6.07, 6.45) is 4.14. The van der Waals surface area contributed by atoms with Crippen molar-refractivity contribution in [2.24, 2.45) is 0 Å². The second kappa shape index (κ2) is 7.72. The predicted molar refractivity (Wildman–Crippen MR) is 98.6 cm³/mol. The summed E-state index contributed by atoms with van der Waals surface area (Å²) in [6, 6.07) is 8.57. The number of anilines is 1. The second-order valence-electron chi connectivity index (χ2n) is 5.39. The summed E-state index contributed by atoms with van der Waals surface area (Å²) in [4.78, 5) is 24.8. The number of hydrogen-bond donors (Lipinski definition) is 1. The molecule has 1 aromatic carbocycles. The van der Waals surface area contributed by atoms with Crippen molar-refractivity contribution in [2.75, 3.05) is 5.32 Å². The largest absolute Gasteiger partial charge is 0.463 e. The summed E-state index contributed by atoms with van der Waals surface area (Å²) in [6.45, 7) is 2.02. The molecule has 130 valence electrons. The molecule has 0 aliphatic carbocycles. The lowest BCUT2D eigenvalue weighted by atomic mass is 10.1. The molecule has 0 atom stereocenters. The molecule has 0 spiro atoms. The fourth-order valence-corrected chi connectivity index (χ4v) is 3.12. The van der Waals surface area contributed by atoms with Gasteiger partial charge < -0.3 is 4.42 Å².